The first kappa shape index (κ1) is 14.6. The summed E-state index contributed by atoms with van der Waals surface area (Å²) >= 11 is 1.74. The number of fused-ring (bicyclic) bond motifs is 2. The summed E-state index contributed by atoms with van der Waals surface area (Å²) in [5, 5.41) is 13.1. The fourth-order valence-electron chi connectivity index (χ4n) is 3.25. The van der Waals surface area contributed by atoms with Crippen LogP contribution in [0.2, 0.25) is 0 Å². The summed E-state index contributed by atoms with van der Waals surface area (Å²) in [7, 11) is 0. The molecule has 4 rings (SSSR count). The van der Waals surface area contributed by atoms with Gasteiger partial charge in [-0.3, -0.25) is 0 Å². The van der Waals surface area contributed by atoms with Crippen molar-refractivity contribution in [3.05, 3.63) is 28.4 Å². The molecular weight excluding hydrogens is 308 g/mol. The highest BCUT2D eigenvalue weighted by atomic mass is 32.1. The van der Waals surface area contributed by atoms with Gasteiger partial charge in [-0.25, -0.2) is 9.97 Å². The number of rotatable bonds is 3. The van der Waals surface area contributed by atoms with E-state index in [1.807, 2.05) is 6.92 Å². The summed E-state index contributed by atoms with van der Waals surface area (Å²) in [5.41, 5.74) is 1.29. The van der Waals surface area contributed by atoms with Crippen LogP contribution in [0.4, 0.5) is 5.82 Å². The molecule has 0 fully saturated rings. The molecule has 0 spiro atoms. The Morgan fingerprint density at radius 1 is 1.26 bits per heavy atom. The van der Waals surface area contributed by atoms with E-state index in [9.17, 15) is 0 Å². The van der Waals surface area contributed by atoms with E-state index in [-0.39, 0.29) is 0 Å². The second-order valence-corrected chi connectivity index (χ2v) is 7.45. The van der Waals surface area contributed by atoms with Crippen molar-refractivity contribution in [2.24, 2.45) is 5.92 Å². The van der Waals surface area contributed by atoms with Gasteiger partial charge in [0.2, 0.25) is 0 Å². The Balaban J connectivity index is 1.53. The predicted molar refractivity (Wildman–Crippen MR) is 91.9 cm³/mol. The van der Waals surface area contributed by atoms with Crippen LogP contribution in [-0.2, 0) is 13.0 Å². The number of aryl methyl sites for hydroxylation is 4. The number of hydrogen-bond donors (Lipinski definition) is 1. The van der Waals surface area contributed by atoms with Gasteiger partial charge in [0.25, 0.3) is 0 Å². The van der Waals surface area contributed by atoms with Crippen LogP contribution >= 0.6 is 11.3 Å². The second kappa shape index (κ2) is 5.56. The fraction of sp³-hybridized carbons (Fsp3) is 0.500. The molecule has 3 aromatic rings. The lowest BCUT2D eigenvalue weighted by atomic mass is 9.99. The molecule has 0 unspecified atom stereocenters. The minimum atomic E-state index is 0.572. The highest BCUT2D eigenvalue weighted by molar-refractivity contribution is 7.18. The molecule has 23 heavy (non-hydrogen) atoms. The Labute approximate surface area is 139 Å². The second-order valence-electron chi connectivity index (χ2n) is 6.25. The summed E-state index contributed by atoms with van der Waals surface area (Å²) < 4.78 is 2.24. The maximum Gasteiger partial charge on any atom is 0.138 e. The van der Waals surface area contributed by atoms with Gasteiger partial charge in [-0.2, -0.15) is 0 Å². The molecule has 0 saturated heterocycles. The first-order valence-corrected chi connectivity index (χ1v) is 8.78. The van der Waals surface area contributed by atoms with E-state index < -0.39 is 0 Å². The van der Waals surface area contributed by atoms with Gasteiger partial charge < -0.3 is 9.88 Å². The van der Waals surface area contributed by atoms with Crippen molar-refractivity contribution in [3.8, 4) is 0 Å². The van der Waals surface area contributed by atoms with Crippen LogP contribution in [0.25, 0.3) is 10.2 Å². The first-order valence-electron chi connectivity index (χ1n) is 7.96. The summed E-state index contributed by atoms with van der Waals surface area (Å²) in [4.78, 5) is 11.2. The van der Waals surface area contributed by atoms with Gasteiger partial charge in [-0.05, 0) is 38.7 Å². The predicted octanol–water partition coefficient (Wildman–Crippen LogP) is 2.88. The molecule has 0 aromatic carbocycles. The Kier molecular flexibility index (Phi) is 3.52. The van der Waals surface area contributed by atoms with Crippen molar-refractivity contribution < 1.29 is 0 Å². The van der Waals surface area contributed by atoms with Crippen molar-refractivity contribution in [1.82, 2.24) is 24.7 Å². The summed E-state index contributed by atoms with van der Waals surface area (Å²) in [6.07, 6.45) is 3.80. The zero-order valence-corrected chi connectivity index (χ0v) is 14.4. The summed E-state index contributed by atoms with van der Waals surface area (Å²) in [6, 6.07) is 0. The van der Waals surface area contributed by atoms with Crippen LogP contribution in [0, 0.1) is 26.7 Å². The fourth-order valence-corrected chi connectivity index (χ4v) is 4.25. The van der Waals surface area contributed by atoms with E-state index in [1.54, 1.807) is 17.7 Å². The highest BCUT2D eigenvalue weighted by Crippen LogP contribution is 2.32. The molecule has 4 heterocycles. The van der Waals surface area contributed by atoms with Gasteiger partial charge in [-0.1, -0.05) is 0 Å². The van der Waals surface area contributed by atoms with E-state index in [2.05, 4.69) is 43.9 Å². The maximum atomic E-state index is 4.47. The van der Waals surface area contributed by atoms with Gasteiger partial charge in [0.15, 0.2) is 0 Å². The number of nitrogens with zero attached hydrogens (tertiary/aromatic N) is 5. The maximum absolute atomic E-state index is 4.47. The van der Waals surface area contributed by atoms with Crippen molar-refractivity contribution >= 4 is 27.4 Å². The van der Waals surface area contributed by atoms with Crippen LogP contribution < -0.4 is 5.32 Å². The average molecular weight is 328 g/mol. The van der Waals surface area contributed by atoms with Crippen molar-refractivity contribution in [2.75, 3.05) is 11.9 Å². The lowest BCUT2D eigenvalue weighted by molar-refractivity contribution is 0.377. The SMILES string of the molecule is Cc1sc2ncnc(NC[C@H]3CCc4nnc(C)n4C3)c2c1C. The van der Waals surface area contributed by atoms with Gasteiger partial charge in [0.05, 0.1) is 5.39 Å². The third-order valence-corrected chi connectivity index (χ3v) is 5.87. The van der Waals surface area contributed by atoms with E-state index in [0.29, 0.717) is 5.92 Å². The van der Waals surface area contributed by atoms with Gasteiger partial charge >= 0.3 is 0 Å². The molecule has 7 heteroatoms. The number of hydrogen-bond acceptors (Lipinski definition) is 6. The number of anilines is 1. The van der Waals surface area contributed by atoms with E-state index >= 15 is 0 Å². The Morgan fingerprint density at radius 3 is 3.00 bits per heavy atom. The van der Waals surface area contributed by atoms with Gasteiger partial charge in [-0.15, -0.1) is 21.5 Å². The van der Waals surface area contributed by atoms with Crippen LogP contribution in [0.1, 0.15) is 28.5 Å². The summed E-state index contributed by atoms with van der Waals surface area (Å²) in [6.45, 7) is 8.21. The standard InChI is InChI=1S/C16H20N6S/c1-9-10(2)23-16-14(9)15(18-8-19-16)17-6-12-4-5-13-21-20-11(3)22(13)7-12/h8,12H,4-7H2,1-3H3,(H,17,18,19)/t12-/m1/s1. The highest BCUT2D eigenvalue weighted by Gasteiger charge is 2.22. The van der Waals surface area contributed by atoms with E-state index in [1.165, 1.54) is 15.8 Å². The van der Waals surface area contributed by atoms with Crippen LogP contribution in [0.15, 0.2) is 6.33 Å². The van der Waals surface area contributed by atoms with Crippen LogP contribution in [0.5, 0.6) is 0 Å². The van der Waals surface area contributed by atoms with Crippen LogP contribution in [-0.4, -0.2) is 31.3 Å². The number of nitrogens with one attached hydrogen (secondary N) is 1. The topological polar surface area (TPSA) is 68.5 Å². The Hall–Kier alpha value is -2.02. The molecule has 1 aliphatic rings. The van der Waals surface area contributed by atoms with Crippen molar-refractivity contribution in [1.29, 1.82) is 0 Å². The molecule has 0 radical (unpaired) electrons. The normalized spacial score (nSPS) is 17.4. The Bertz CT molecular complexity index is 865. The number of aromatic nitrogens is 5. The zero-order chi connectivity index (χ0) is 16.0. The van der Waals surface area contributed by atoms with E-state index in [4.69, 9.17) is 0 Å². The monoisotopic (exact) mass is 328 g/mol. The lowest BCUT2D eigenvalue weighted by Gasteiger charge is -2.24. The van der Waals surface area contributed by atoms with Gasteiger partial charge in [0, 0.05) is 24.4 Å². The first-order chi connectivity index (χ1) is 11.1. The molecular formula is C16H20N6S. The van der Waals surface area contributed by atoms with Crippen molar-refractivity contribution in [3.63, 3.8) is 0 Å². The third-order valence-electron chi connectivity index (χ3n) is 4.75. The molecule has 0 aliphatic carbocycles. The molecule has 1 atom stereocenters. The minimum absolute atomic E-state index is 0.572. The molecule has 0 amide bonds. The molecule has 1 aliphatic heterocycles. The molecule has 3 aromatic heterocycles. The number of thiophene rings is 1. The van der Waals surface area contributed by atoms with E-state index in [0.717, 1.165) is 48.2 Å². The molecule has 0 saturated carbocycles. The minimum Gasteiger partial charge on any atom is -0.369 e. The average Bonchev–Trinajstić information content (AvgIpc) is 3.06. The lowest BCUT2D eigenvalue weighted by Crippen LogP contribution is -2.27. The molecule has 0 bridgehead atoms. The molecule has 120 valence electrons. The smallest absolute Gasteiger partial charge is 0.138 e. The molecule has 6 nitrogen and oxygen atoms in total. The quantitative estimate of drug-likeness (QED) is 0.800. The van der Waals surface area contributed by atoms with Gasteiger partial charge in [0.1, 0.15) is 28.6 Å². The largest absolute Gasteiger partial charge is 0.369 e. The molecule has 1 N–H and O–H groups in total. The Morgan fingerprint density at radius 2 is 2.13 bits per heavy atom. The zero-order valence-electron chi connectivity index (χ0n) is 13.6. The van der Waals surface area contributed by atoms with Crippen molar-refractivity contribution in [2.45, 2.75) is 40.2 Å². The summed E-state index contributed by atoms with van der Waals surface area (Å²) in [5.74, 6) is 3.66. The third kappa shape index (κ3) is 2.49. The van der Waals surface area contributed by atoms with Crippen LogP contribution in [0.3, 0.4) is 0 Å².